The van der Waals surface area contributed by atoms with Crippen LogP contribution in [0.25, 0.3) is 32.9 Å². The molecule has 0 amide bonds. The Kier molecular flexibility index (Phi) is 5.33. The van der Waals surface area contributed by atoms with Crippen molar-refractivity contribution in [1.82, 2.24) is 15.0 Å². The standard InChI is InChI=1S/C28H28F2N4O2/c1-4-18-21(29)6-5-14-8-17(36)10-19(23(14)18)25-24(30)26-20(11-31-25)28(33-27(32-26)13(2)3)34-16(12-35)7-15-9-22(15)34/h5-6,8,10-11,13,15-16,22,35-36H,4,7,9,12H2,1-3H3/t15-,16-,22+/m0/s1. The molecule has 8 heteroatoms. The van der Waals surface area contributed by atoms with E-state index >= 15 is 4.39 Å². The van der Waals surface area contributed by atoms with E-state index in [1.807, 2.05) is 20.8 Å². The van der Waals surface area contributed by atoms with Crippen molar-refractivity contribution in [2.75, 3.05) is 11.5 Å². The molecule has 0 unspecified atom stereocenters. The molecule has 1 aliphatic heterocycles. The molecule has 6 nitrogen and oxygen atoms in total. The number of hydrogen-bond donors (Lipinski definition) is 2. The Labute approximate surface area is 207 Å². The fraction of sp³-hybridized carbons (Fsp3) is 0.393. The summed E-state index contributed by atoms with van der Waals surface area (Å²) in [6, 6.07) is 6.13. The maximum atomic E-state index is 16.4. The quantitative estimate of drug-likeness (QED) is 0.386. The first kappa shape index (κ1) is 23.0. The molecule has 2 fully saturated rings. The summed E-state index contributed by atoms with van der Waals surface area (Å²) in [5, 5.41) is 22.0. The molecule has 0 bridgehead atoms. The van der Waals surface area contributed by atoms with Gasteiger partial charge in [0.15, 0.2) is 5.82 Å². The highest BCUT2D eigenvalue weighted by atomic mass is 19.1. The Morgan fingerprint density at radius 1 is 1.14 bits per heavy atom. The summed E-state index contributed by atoms with van der Waals surface area (Å²) in [5.41, 5.74) is 0.911. The lowest BCUT2D eigenvalue weighted by atomic mass is 9.94. The summed E-state index contributed by atoms with van der Waals surface area (Å²) in [7, 11) is 0. The van der Waals surface area contributed by atoms with E-state index in [0.717, 1.165) is 12.8 Å². The fourth-order valence-electron chi connectivity index (χ4n) is 5.79. The van der Waals surface area contributed by atoms with Crippen molar-refractivity contribution in [1.29, 1.82) is 0 Å². The van der Waals surface area contributed by atoms with E-state index in [-0.39, 0.29) is 47.4 Å². The van der Waals surface area contributed by atoms with Crippen molar-refractivity contribution < 1.29 is 19.0 Å². The second kappa shape index (κ2) is 8.34. The lowest BCUT2D eigenvalue weighted by Gasteiger charge is -2.29. The highest BCUT2D eigenvalue weighted by molar-refractivity contribution is 6.01. The van der Waals surface area contributed by atoms with Crippen molar-refractivity contribution in [2.45, 2.75) is 58.0 Å². The van der Waals surface area contributed by atoms with Gasteiger partial charge in [0, 0.05) is 23.7 Å². The van der Waals surface area contributed by atoms with Crippen LogP contribution in [-0.4, -0.2) is 43.9 Å². The summed E-state index contributed by atoms with van der Waals surface area (Å²) >= 11 is 0. The minimum atomic E-state index is -0.636. The van der Waals surface area contributed by atoms with Crippen LogP contribution in [-0.2, 0) is 6.42 Å². The molecule has 2 aromatic heterocycles. The van der Waals surface area contributed by atoms with Gasteiger partial charge in [-0.25, -0.2) is 18.7 Å². The first-order chi connectivity index (χ1) is 17.3. The lowest BCUT2D eigenvalue weighted by Crippen LogP contribution is -2.36. The van der Waals surface area contributed by atoms with Gasteiger partial charge >= 0.3 is 0 Å². The highest BCUT2D eigenvalue weighted by Crippen LogP contribution is 2.50. The Bertz CT molecular complexity index is 1520. The topological polar surface area (TPSA) is 82.4 Å². The lowest BCUT2D eigenvalue weighted by molar-refractivity contribution is 0.259. The van der Waals surface area contributed by atoms with Crippen molar-refractivity contribution in [2.24, 2.45) is 5.92 Å². The number of piperidine rings is 1. The predicted octanol–water partition coefficient (Wildman–Crippen LogP) is 5.47. The molecule has 2 aromatic carbocycles. The fourth-order valence-corrected chi connectivity index (χ4v) is 5.79. The zero-order valence-electron chi connectivity index (χ0n) is 20.5. The Hall–Kier alpha value is -3.39. The molecule has 186 valence electrons. The summed E-state index contributed by atoms with van der Waals surface area (Å²) in [6.07, 6.45) is 3.89. The number of aromatic nitrogens is 3. The first-order valence-corrected chi connectivity index (χ1v) is 12.5. The van der Waals surface area contributed by atoms with Crippen molar-refractivity contribution in [3.05, 3.63) is 53.5 Å². The number of anilines is 1. The molecular formula is C28H28F2N4O2. The first-order valence-electron chi connectivity index (χ1n) is 12.5. The minimum Gasteiger partial charge on any atom is -0.508 e. The molecule has 3 heterocycles. The largest absolute Gasteiger partial charge is 0.508 e. The van der Waals surface area contributed by atoms with Crippen molar-refractivity contribution in [3.63, 3.8) is 0 Å². The van der Waals surface area contributed by atoms with Crippen LogP contribution in [0.4, 0.5) is 14.6 Å². The molecule has 1 saturated carbocycles. The van der Waals surface area contributed by atoms with Gasteiger partial charge < -0.3 is 15.1 Å². The van der Waals surface area contributed by atoms with E-state index in [2.05, 4.69) is 14.9 Å². The Balaban J connectivity index is 1.63. The third-order valence-electron chi connectivity index (χ3n) is 7.63. The molecule has 6 rings (SSSR count). The molecule has 4 aromatic rings. The number of nitrogens with zero attached hydrogens (tertiary/aromatic N) is 4. The third kappa shape index (κ3) is 3.42. The van der Waals surface area contributed by atoms with Gasteiger partial charge in [0.2, 0.25) is 0 Å². The average molecular weight is 491 g/mol. The van der Waals surface area contributed by atoms with E-state index in [1.54, 1.807) is 18.3 Å². The smallest absolute Gasteiger partial charge is 0.175 e. The van der Waals surface area contributed by atoms with Crippen LogP contribution in [0.2, 0.25) is 0 Å². The van der Waals surface area contributed by atoms with E-state index in [0.29, 0.717) is 51.3 Å². The molecule has 36 heavy (non-hydrogen) atoms. The van der Waals surface area contributed by atoms with Crippen LogP contribution in [0.3, 0.4) is 0 Å². The van der Waals surface area contributed by atoms with Gasteiger partial charge in [-0.1, -0.05) is 26.8 Å². The van der Waals surface area contributed by atoms with E-state index in [4.69, 9.17) is 4.98 Å². The van der Waals surface area contributed by atoms with Gasteiger partial charge in [-0.3, -0.25) is 4.98 Å². The predicted molar refractivity (Wildman–Crippen MR) is 135 cm³/mol. The number of rotatable bonds is 5. The second-order valence-corrected chi connectivity index (χ2v) is 10.3. The monoisotopic (exact) mass is 490 g/mol. The van der Waals surface area contributed by atoms with Gasteiger partial charge in [-0.05, 0) is 59.7 Å². The molecule has 2 N–H and O–H groups in total. The van der Waals surface area contributed by atoms with E-state index in [1.165, 1.54) is 12.1 Å². The van der Waals surface area contributed by atoms with Crippen LogP contribution in [0, 0.1) is 17.6 Å². The van der Waals surface area contributed by atoms with Crippen LogP contribution in [0.1, 0.15) is 50.9 Å². The maximum Gasteiger partial charge on any atom is 0.175 e. The molecule has 2 aliphatic rings. The normalized spacial score (nSPS) is 21.1. The highest BCUT2D eigenvalue weighted by Gasteiger charge is 2.52. The third-order valence-corrected chi connectivity index (χ3v) is 7.63. The Morgan fingerprint density at radius 3 is 2.67 bits per heavy atom. The number of fused-ring (bicyclic) bond motifs is 3. The number of pyridine rings is 1. The number of aliphatic hydroxyl groups is 1. The summed E-state index contributed by atoms with van der Waals surface area (Å²) in [5.74, 6) is 0.518. The van der Waals surface area contributed by atoms with Gasteiger partial charge in [-0.15, -0.1) is 0 Å². The van der Waals surface area contributed by atoms with E-state index < -0.39 is 5.82 Å². The summed E-state index contributed by atoms with van der Waals surface area (Å²) in [6.45, 7) is 5.75. The van der Waals surface area contributed by atoms with E-state index in [9.17, 15) is 14.6 Å². The number of benzene rings is 2. The summed E-state index contributed by atoms with van der Waals surface area (Å²) < 4.78 is 31.1. The number of hydrogen-bond acceptors (Lipinski definition) is 6. The number of halogens is 2. The molecule has 1 aliphatic carbocycles. The maximum absolute atomic E-state index is 16.4. The van der Waals surface area contributed by atoms with Crippen molar-refractivity contribution >= 4 is 27.5 Å². The molecule has 0 radical (unpaired) electrons. The molecule has 3 atom stereocenters. The van der Waals surface area contributed by atoms with Crippen molar-refractivity contribution in [3.8, 4) is 17.0 Å². The van der Waals surface area contributed by atoms with Crippen LogP contribution in [0.15, 0.2) is 30.5 Å². The molecule has 0 spiro atoms. The SMILES string of the molecule is CCc1c(F)ccc2cc(O)cc(-c3ncc4c(N5[C@H](CO)C[C@H]6C[C@H]65)nc(C(C)C)nc4c3F)c12. The number of phenolic OH excluding ortho intramolecular Hbond substituents is 1. The van der Waals surface area contributed by atoms with Gasteiger partial charge in [0.05, 0.1) is 18.0 Å². The van der Waals surface area contributed by atoms with Gasteiger partial charge in [0.1, 0.15) is 34.4 Å². The summed E-state index contributed by atoms with van der Waals surface area (Å²) in [4.78, 5) is 16.0. The van der Waals surface area contributed by atoms with Gasteiger partial charge in [-0.2, -0.15) is 0 Å². The number of aryl methyl sites for hydroxylation is 1. The number of aromatic hydroxyl groups is 1. The average Bonchev–Trinajstić information content (AvgIpc) is 3.53. The van der Waals surface area contributed by atoms with Crippen LogP contribution in [0.5, 0.6) is 5.75 Å². The zero-order valence-corrected chi connectivity index (χ0v) is 20.5. The van der Waals surface area contributed by atoms with Crippen LogP contribution < -0.4 is 4.90 Å². The minimum absolute atomic E-state index is 0.00411. The molecular weight excluding hydrogens is 462 g/mol. The molecule has 1 saturated heterocycles. The number of aliphatic hydroxyl groups excluding tert-OH is 1. The number of phenols is 1. The van der Waals surface area contributed by atoms with Gasteiger partial charge in [0.25, 0.3) is 0 Å². The Morgan fingerprint density at radius 2 is 1.94 bits per heavy atom. The van der Waals surface area contributed by atoms with Crippen LogP contribution >= 0.6 is 0 Å². The second-order valence-electron chi connectivity index (χ2n) is 10.3. The zero-order chi connectivity index (χ0) is 25.3.